The average Bonchev–Trinajstić information content (AvgIpc) is 2.91. The maximum Gasteiger partial charge on any atom is 0.344 e. The van der Waals surface area contributed by atoms with E-state index >= 15 is 0 Å². The molecule has 0 aliphatic heterocycles. The number of hydrogen-bond acceptors (Lipinski definition) is 6. The molecule has 7 nitrogen and oxygen atoms in total. The van der Waals surface area contributed by atoms with Gasteiger partial charge in [0.1, 0.15) is 11.3 Å². The van der Waals surface area contributed by atoms with Crippen molar-refractivity contribution in [1.82, 2.24) is 5.16 Å². The van der Waals surface area contributed by atoms with E-state index in [0.29, 0.717) is 29.1 Å². The number of ketones is 1. The summed E-state index contributed by atoms with van der Waals surface area (Å²) in [6.45, 7) is 6.77. The summed E-state index contributed by atoms with van der Waals surface area (Å²) in [5.74, 6) is -0.450. The van der Waals surface area contributed by atoms with Crippen molar-refractivity contribution < 1.29 is 23.6 Å². The number of nitrogens with one attached hydrogen (secondary N) is 1. The molecule has 26 heavy (non-hydrogen) atoms. The fourth-order valence-electron chi connectivity index (χ4n) is 2.38. The summed E-state index contributed by atoms with van der Waals surface area (Å²) in [5.41, 5.74) is 1.65. The Morgan fingerprint density at radius 3 is 2.35 bits per heavy atom. The first-order valence-electron chi connectivity index (χ1n) is 8.31. The van der Waals surface area contributed by atoms with Gasteiger partial charge in [-0.15, -0.1) is 0 Å². The van der Waals surface area contributed by atoms with E-state index in [2.05, 4.69) is 10.5 Å². The lowest BCUT2D eigenvalue weighted by Crippen LogP contribution is -2.16. The Hall–Kier alpha value is -2.96. The molecule has 0 atom stereocenters. The third-order valence-corrected chi connectivity index (χ3v) is 3.66. The van der Waals surface area contributed by atoms with Crippen LogP contribution in [0.2, 0.25) is 0 Å². The van der Waals surface area contributed by atoms with E-state index < -0.39 is 5.97 Å². The first-order valence-corrected chi connectivity index (χ1v) is 8.31. The number of carbonyl (C=O) groups is 3. The van der Waals surface area contributed by atoms with Crippen molar-refractivity contribution in [2.45, 2.75) is 34.1 Å². The van der Waals surface area contributed by atoms with Crippen molar-refractivity contribution in [1.29, 1.82) is 0 Å². The molecule has 1 N–H and O–H groups in total. The van der Waals surface area contributed by atoms with Crippen LogP contribution in [0.4, 0.5) is 5.69 Å². The van der Waals surface area contributed by atoms with Crippen LogP contribution in [0.1, 0.15) is 52.4 Å². The minimum atomic E-state index is -0.646. The normalized spacial score (nSPS) is 10.7. The topological polar surface area (TPSA) is 98.5 Å². The molecule has 0 saturated heterocycles. The quantitative estimate of drug-likeness (QED) is 0.602. The van der Waals surface area contributed by atoms with Gasteiger partial charge in [0.15, 0.2) is 12.4 Å². The van der Waals surface area contributed by atoms with Crippen molar-refractivity contribution in [3.63, 3.8) is 0 Å². The van der Waals surface area contributed by atoms with Gasteiger partial charge in [-0.3, -0.25) is 9.59 Å². The van der Waals surface area contributed by atoms with Gasteiger partial charge >= 0.3 is 5.97 Å². The summed E-state index contributed by atoms with van der Waals surface area (Å²) < 4.78 is 9.95. The molecule has 0 aliphatic carbocycles. The summed E-state index contributed by atoms with van der Waals surface area (Å²) >= 11 is 0. The zero-order valence-electron chi connectivity index (χ0n) is 15.3. The van der Waals surface area contributed by atoms with Crippen LogP contribution in [0.25, 0.3) is 0 Å². The minimum absolute atomic E-state index is 0.0764. The number of nitrogens with zero attached hydrogens (tertiary/aromatic N) is 1. The molecule has 1 aromatic carbocycles. The lowest BCUT2D eigenvalue weighted by Gasteiger charge is -2.08. The first kappa shape index (κ1) is 19.4. The Bertz CT molecular complexity index is 786. The molecule has 1 amide bonds. The predicted molar refractivity (Wildman–Crippen MR) is 95.1 cm³/mol. The molecule has 1 heterocycles. The van der Waals surface area contributed by atoms with E-state index in [-0.39, 0.29) is 29.8 Å². The Morgan fingerprint density at radius 1 is 1.15 bits per heavy atom. The van der Waals surface area contributed by atoms with Crippen LogP contribution in [0, 0.1) is 19.8 Å². The predicted octanol–water partition coefficient (Wildman–Crippen LogP) is 3.32. The van der Waals surface area contributed by atoms with Crippen LogP contribution < -0.4 is 5.32 Å². The molecule has 138 valence electrons. The van der Waals surface area contributed by atoms with Gasteiger partial charge in [0.2, 0.25) is 5.91 Å². The Labute approximate surface area is 151 Å². The van der Waals surface area contributed by atoms with Crippen molar-refractivity contribution in [3.05, 3.63) is 46.8 Å². The number of ether oxygens (including phenoxy) is 1. The monoisotopic (exact) mass is 358 g/mol. The van der Waals surface area contributed by atoms with Gasteiger partial charge in [-0.25, -0.2) is 4.79 Å². The number of carbonyl (C=O) groups excluding carboxylic acids is 3. The second-order valence-electron chi connectivity index (χ2n) is 6.42. The van der Waals surface area contributed by atoms with Gasteiger partial charge in [0, 0.05) is 17.7 Å². The standard InChI is InChI=1S/C19H22N2O5/c1-11(2)9-17(23)20-15-7-5-14(6-8-15)16(22)10-25-19(24)18-12(3)21-26-13(18)4/h5-8,11H,9-10H2,1-4H3,(H,20,23). The lowest BCUT2D eigenvalue weighted by molar-refractivity contribution is -0.116. The number of benzene rings is 1. The van der Waals surface area contributed by atoms with Crippen LogP contribution in [0.3, 0.4) is 0 Å². The van der Waals surface area contributed by atoms with Crippen LogP contribution in [-0.2, 0) is 9.53 Å². The van der Waals surface area contributed by atoms with E-state index in [4.69, 9.17) is 9.26 Å². The second kappa shape index (κ2) is 8.42. The number of rotatable bonds is 7. The lowest BCUT2D eigenvalue weighted by atomic mass is 10.1. The fourth-order valence-corrected chi connectivity index (χ4v) is 2.38. The van der Waals surface area contributed by atoms with Crippen molar-refractivity contribution in [2.24, 2.45) is 5.92 Å². The molecule has 0 radical (unpaired) electrons. The molecule has 2 rings (SSSR count). The maximum atomic E-state index is 12.2. The molecule has 0 unspecified atom stereocenters. The van der Waals surface area contributed by atoms with E-state index in [9.17, 15) is 14.4 Å². The largest absolute Gasteiger partial charge is 0.454 e. The summed E-state index contributed by atoms with van der Waals surface area (Å²) in [4.78, 5) is 35.9. The molecule has 0 spiro atoms. The smallest absolute Gasteiger partial charge is 0.344 e. The van der Waals surface area contributed by atoms with Crippen molar-refractivity contribution >= 4 is 23.3 Å². The van der Waals surface area contributed by atoms with Crippen LogP contribution in [0.15, 0.2) is 28.8 Å². The third kappa shape index (κ3) is 5.02. The van der Waals surface area contributed by atoms with E-state index in [1.54, 1.807) is 38.1 Å². The maximum absolute atomic E-state index is 12.2. The molecule has 2 aromatic rings. The number of aromatic nitrogens is 1. The highest BCUT2D eigenvalue weighted by molar-refractivity contribution is 6.00. The summed E-state index contributed by atoms with van der Waals surface area (Å²) in [5, 5.41) is 6.45. The molecular formula is C19H22N2O5. The van der Waals surface area contributed by atoms with Gasteiger partial charge in [0.05, 0.1) is 5.69 Å². The molecule has 0 aliphatic rings. The molecule has 0 saturated carbocycles. The number of hydrogen-bond donors (Lipinski definition) is 1. The summed E-state index contributed by atoms with van der Waals surface area (Å²) in [6.07, 6.45) is 0.429. The van der Waals surface area contributed by atoms with Crippen LogP contribution in [-0.4, -0.2) is 29.4 Å². The van der Waals surface area contributed by atoms with Gasteiger partial charge in [-0.2, -0.15) is 0 Å². The van der Waals surface area contributed by atoms with Crippen molar-refractivity contribution in [2.75, 3.05) is 11.9 Å². The minimum Gasteiger partial charge on any atom is -0.454 e. The number of amides is 1. The van der Waals surface area contributed by atoms with E-state index in [1.165, 1.54) is 0 Å². The Morgan fingerprint density at radius 2 is 1.81 bits per heavy atom. The fraction of sp³-hybridized carbons (Fsp3) is 0.368. The highest BCUT2D eigenvalue weighted by Crippen LogP contribution is 2.15. The van der Waals surface area contributed by atoms with Crippen molar-refractivity contribution in [3.8, 4) is 0 Å². The number of Topliss-reactive ketones (excluding diaryl/α,β-unsaturated/α-hetero) is 1. The molecule has 0 fully saturated rings. The molecule has 1 aromatic heterocycles. The van der Waals surface area contributed by atoms with Gasteiger partial charge in [-0.05, 0) is 44.0 Å². The summed E-state index contributed by atoms with van der Waals surface area (Å²) in [6, 6.07) is 6.44. The number of esters is 1. The zero-order valence-corrected chi connectivity index (χ0v) is 15.3. The molecular weight excluding hydrogens is 336 g/mol. The van der Waals surface area contributed by atoms with Gasteiger partial charge in [-0.1, -0.05) is 19.0 Å². The van der Waals surface area contributed by atoms with Gasteiger partial charge < -0.3 is 14.6 Å². The third-order valence-electron chi connectivity index (χ3n) is 3.66. The molecule has 0 bridgehead atoms. The summed E-state index contributed by atoms with van der Waals surface area (Å²) in [7, 11) is 0. The Balaban J connectivity index is 1.92. The van der Waals surface area contributed by atoms with E-state index in [1.807, 2.05) is 13.8 Å². The first-order chi connectivity index (χ1) is 12.3. The second-order valence-corrected chi connectivity index (χ2v) is 6.42. The highest BCUT2D eigenvalue weighted by Gasteiger charge is 2.20. The van der Waals surface area contributed by atoms with Crippen LogP contribution >= 0.6 is 0 Å². The van der Waals surface area contributed by atoms with Gasteiger partial charge in [0.25, 0.3) is 0 Å². The SMILES string of the molecule is Cc1noc(C)c1C(=O)OCC(=O)c1ccc(NC(=O)CC(C)C)cc1. The highest BCUT2D eigenvalue weighted by atomic mass is 16.5. The number of aryl methyl sites for hydroxylation is 2. The zero-order chi connectivity index (χ0) is 19.3. The molecule has 7 heteroatoms. The Kier molecular flexibility index (Phi) is 6.27. The average molecular weight is 358 g/mol. The van der Waals surface area contributed by atoms with E-state index in [0.717, 1.165) is 0 Å². The number of anilines is 1. The van der Waals surface area contributed by atoms with Crippen LogP contribution in [0.5, 0.6) is 0 Å².